The van der Waals surface area contributed by atoms with E-state index in [4.69, 9.17) is 0 Å². The Labute approximate surface area is 177 Å². The number of carbonyl (C=O) groups is 2. The van der Waals surface area contributed by atoms with Crippen LogP contribution in [-0.4, -0.2) is 35.8 Å². The third kappa shape index (κ3) is 3.56. The van der Waals surface area contributed by atoms with Crippen molar-refractivity contribution in [1.82, 2.24) is 4.90 Å². The van der Waals surface area contributed by atoms with Crippen molar-refractivity contribution in [3.05, 3.63) is 65.5 Å². The zero-order valence-corrected chi connectivity index (χ0v) is 17.7. The summed E-state index contributed by atoms with van der Waals surface area (Å²) in [5, 5.41) is 0. The highest BCUT2D eigenvalue weighted by Gasteiger charge is 2.49. The quantitative estimate of drug-likeness (QED) is 0.637. The van der Waals surface area contributed by atoms with Gasteiger partial charge in [-0.1, -0.05) is 31.5 Å². The number of benzene rings is 2. The van der Waals surface area contributed by atoms with Crippen LogP contribution in [0.2, 0.25) is 0 Å². The molecule has 30 heavy (non-hydrogen) atoms. The van der Waals surface area contributed by atoms with Gasteiger partial charge in [0.25, 0.3) is 0 Å². The van der Waals surface area contributed by atoms with Crippen LogP contribution >= 0.6 is 0 Å². The van der Waals surface area contributed by atoms with E-state index in [0.29, 0.717) is 12.0 Å². The number of anilines is 1. The molecular weight excluding hydrogens is 379 g/mol. The number of amides is 1. The SMILES string of the molecule is CCC1(C)C(=O)N(C(CC(=O)c2ccc(F)cc2)N2CCCCC2)c2ccccc21. The van der Waals surface area contributed by atoms with Crippen molar-refractivity contribution in [2.24, 2.45) is 0 Å². The highest BCUT2D eigenvalue weighted by atomic mass is 19.1. The maximum absolute atomic E-state index is 13.7. The molecule has 2 aromatic carbocycles. The lowest BCUT2D eigenvalue weighted by Crippen LogP contribution is -2.54. The minimum absolute atomic E-state index is 0.0636. The molecule has 1 saturated heterocycles. The summed E-state index contributed by atoms with van der Waals surface area (Å²) in [6.45, 7) is 5.78. The van der Waals surface area contributed by atoms with E-state index in [1.807, 2.05) is 43.0 Å². The molecule has 0 spiro atoms. The van der Waals surface area contributed by atoms with Gasteiger partial charge in [0.2, 0.25) is 5.91 Å². The standard InChI is InChI=1S/C25H29FN2O2/c1-3-25(2)20-9-5-6-10-21(20)28(24(25)30)23(27-15-7-4-8-16-27)17-22(29)18-11-13-19(26)14-12-18/h5-6,9-14,23H,3-4,7-8,15-17H2,1-2H3. The van der Waals surface area contributed by atoms with Crippen LogP contribution in [0.1, 0.15) is 61.9 Å². The number of rotatable bonds is 6. The van der Waals surface area contributed by atoms with Crippen molar-refractivity contribution in [1.29, 1.82) is 0 Å². The van der Waals surface area contributed by atoms with E-state index in [-0.39, 0.29) is 30.1 Å². The molecule has 1 fully saturated rings. The first-order chi connectivity index (χ1) is 14.5. The Kier molecular flexibility index (Phi) is 5.74. The lowest BCUT2D eigenvalue weighted by atomic mass is 9.81. The molecule has 2 aromatic rings. The van der Waals surface area contributed by atoms with Gasteiger partial charge >= 0.3 is 0 Å². The monoisotopic (exact) mass is 408 g/mol. The summed E-state index contributed by atoms with van der Waals surface area (Å²) in [6.07, 6.45) is 3.88. The third-order valence-electron chi connectivity index (χ3n) is 6.80. The molecule has 0 radical (unpaired) electrons. The Morgan fingerprint density at radius 2 is 1.73 bits per heavy atom. The van der Waals surface area contributed by atoms with Crippen LogP contribution in [0.3, 0.4) is 0 Å². The van der Waals surface area contributed by atoms with E-state index in [9.17, 15) is 14.0 Å². The van der Waals surface area contributed by atoms with Crippen molar-refractivity contribution < 1.29 is 14.0 Å². The van der Waals surface area contributed by atoms with Gasteiger partial charge in [-0.05, 0) is 62.1 Å². The van der Waals surface area contributed by atoms with E-state index in [0.717, 1.165) is 37.2 Å². The molecule has 2 aliphatic rings. The van der Waals surface area contributed by atoms with Gasteiger partial charge in [0.15, 0.2) is 5.78 Å². The summed E-state index contributed by atoms with van der Waals surface area (Å²) < 4.78 is 13.3. The molecule has 4 nitrogen and oxygen atoms in total. The van der Waals surface area contributed by atoms with E-state index in [2.05, 4.69) is 4.90 Å². The number of hydrogen-bond acceptors (Lipinski definition) is 3. The number of halogens is 1. The number of Topliss-reactive ketones (excluding diaryl/α,β-unsaturated/α-hetero) is 1. The molecule has 2 heterocycles. The fourth-order valence-electron chi connectivity index (χ4n) is 4.80. The average Bonchev–Trinajstić information content (AvgIpc) is 3.00. The van der Waals surface area contributed by atoms with Crippen LogP contribution in [0.4, 0.5) is 10.1 Å². The smallest absolute Gasteiger partial charge is 0.238 e. The second-order valence-corrected chi connectivity index (χ2v) is 8.59. The van der Waals surface area contributed by atoms with Crippen molar-refractivity contribution in [3.63, 3.8) is 0 Å². The Hall–Kier alpha value is -2.53. The molecule has 0 bridgehead atoms. The molecule has 5 heteroatoms. The first kappa shape index (κ1) is 20.7. The van der Waals surface area contributed by atoms with Gasteiger partial charge in [0.1, 0.15) is 5.82 Å². The normalized spacial score (nSPS) is 22.8. The lowest BCUT2D eigenvalue weighted by Gasteiger charge is -2.40. The van der Waals surface area contributed by atoms with Gasteiger partial charge in [-0.15, -0.1) is 0 Å². The first-order valence-corrected chi connectivity index (χ1v) is 10.9. The Bertz CT molecular complexity index is 936. The fourth-order valence-corrected chi connectivity index (χ4v) is 4.80. The summed E-state index contributed by atoms with van der Waals surface area (Å²) in [5.74, 6) is -0.365. The van der Waals surface area contributed by atoms with Gasteiger partial charge in [-0.3, -0.25) is 19.4 Å². The van der Waals surface area contributed by atoms with Gasteiger partial charge < -0.3 is 0 Å². The van der Waals surface area contributed by atoms with Crippen molar-refractivity contribution in [2.45, 2.75) is 57.5 Å². The summed E-state index contributed by atoms with van der Waals surface area (Å²) in [6, 6.07) is 13.6. The molecule has 2 atom stereocenters. The predicted molar refractivity (Wildman–Crippen MR) is 116 cm³/mol. The lowest BCUT2D eigenvalue weighted by molar-refractivity contribution is -0.124. The highest BCUT2D eigenvalue weighted by Crippen LogP contribution is 2.45. The Morgan fingerprint density at radius 1 is 1.07 bits per heavy atom. The van der Waals surface area contributed by atoms with Crippen molar-refractivity contribution in [2.75, 3.05) is 18.0 Å². The number of para-hydroxylation sites is 1. The molecule has 0 aliphatic carbocycles. The summed E-state index contributed by atoms with van der Waals surface area (Å²) in [5.41, 5.74) is 1.85. The van der Waals surface area contributed by atoms with Crippen LogP contribution in [0.25, 0.3) is 0 Å². The minimum Gasteiger partial charge on any atom is -0.295 e. The number of piperidine rings is 1. The van der Waals surface area contributed by atoms with Crippen molar-refractivity contribution in [3.8, 4) is 0 Å². The molecule has 1 amide bonds. The summed E-state index contributed by atoms with van der Waals surface area (Å²) in [4.78, 5) is 31.0. The zero-order valence-electron chi connectivity index (χ0n) is 17.7. The van der Waals surface area contributed by atoms with Crippen LogP contribution < -0.4 is 4.90 Å². The highest BCUT2D eigenvalue weighted by molar-refractivity contribution is 6.09. The van der Waals surface area contributed by atoms with Crippen LogP contribution in [0.5, 0.6) is 0 Å². The van der Waals surface area contributed by atoms with Crippen LogP contribution in [0, 0.1) is 5.82 Å². The number of likely N-dealkylation sites (tertiary alicyclic amines) is 1. The number of nitrogens with zero attached hydrogens (tertiary/aromatic N) is 2. The topological polar surface area (TPSA) is 40.6 Å². The van der Waals surface area contributed by atoms with E-state index in [1.165, 1.54) is 30.7 Å². The number of fused-ring (bicyclic) bond motifs is 1. The second-order valence-electron chi connectivity index (χ2n) is 8.59. The van der Waals surface area contributed by atoms with E-state index >= 15 is 0 Å². The largest absolute Gasteiger partial charge is 0.295 e. The number of carbonyl (C=O) groups excluding carboxylic acids is 2. The zero-order chi connectivity index (χ0) is 21.3. The molecule has 2 aliphatic heterocycles. The number of hydrogen-bond donors (Lipinski definition) is 0. The maximum atomic E-state index is 13.7. The van der Waals surface area contributed by atoms with Crippen molar-refractivity contribution >= 4 is 17.4 Å². The molecule has 158 valence electrons. The number of ketones is 1. The molecular formula is C25H29FN2O2. The van der Waals surface area contributed by atoms with E-state index < -0.39 is 5.41 Å². The predicted octanol–water partition coefficient (Wildman–Crippen LogP) is 4.93. The van der Waals surface area contributed by atoms with Gasteiger partial charge in [-0.2, -0.15) is 0 Å². The average molecular weight is 409 g/mol. The van der Waals surface area contributed by atoms with Crippen LogP contribution in [0.15, 0.2) is 48.5 Å². The van der Waals surface area contributed by atoms with Gasteiger partial charge in [0, 0.05) is 30.8 Å². The van der Waals surface area contributed by atoms with Gasteiger partial charge in [-0.25, -0.2) is 4.39 Å². The molecule has 0 saturated carbocycles. The third-order valence-corrected chi connectivity index (χ3v) is 6.80. The molecule has 0 N–H and O–H groups in total. The Morgan fingerprint density at radius 3 is 2.40 bits per heavy atom. The second kappa shape index (κ2) is 8.31. The van der Waals surface area contributed by atoms with Crippen LogP contribution in [-0.2, 0) is 10.2 Å². The van der Waals surface area contributed by atoms with Gasteiger partial charge in [0.05, 0.1) is 11.6 Å². The van der Waals surface area contributed by atoms with E-state index in [1.54, 1.807) is 0 Å². The summed E-state index contributed by atoms with van der Waals surface area (Å²) >= 11 is 0. The minimum atomic E-state index is -0.580. The molecule has 0 aromatic heterocycles. The molecule has 2 unspecified atom stereocenters. The Balaban J connectivity index is 1.72. The summed E-state index contributed by atoms with van der Waals surface area (Å²) in [7, 11) is 0. The fraction of sp³-hybridized carbons (Fsp3) is 0.440. The first-order valence-electron chi connectivity index (χ1n) is 10.9. The molecule has 4 rings (SSSR count). The maximum Gasteiger partial charge on any atom is 0.238 e.